The minimum absolute atomic E-state index is 0.393. The second-order valence-corrected chi connectivity index (χ2v) is 4.57. The molecule has 0 amide bonds. The Hall–Kier alpha value is -2.16. The first-order chi connectivity index (χ1) is 9.29. The fourth-order valence-corrected chi connectivity index (χ4v) is 1.86. The number of benzene rings is 1. The summed E-state index contributed by atoms with van der Waals surface area (Å²) < 4.78 is 0. The summed E-state index contributed by atoms with van der Waals surface area (Å²) in [5.41, 5.74) is 1.99. The quantitative estimate of drug-likeness (QED) is 0.793. The van der Waals surface area contributed by atoms with Crippen LogP contribution in [-0.4, -0.2) is 16.0 Å². The van der Waals surface area contributed by atoms with E-state index in [0.29, 0.717) is 6.04 Å². The predicted octanol–water partition coefficient (Wildman–Crippen LogP) is 3.91. The molecule has 19 heavy (non-hydrogen) atoms. The van der Waals surface area contributed by atoms with Gasteiger partial charge in [-0.05, 0) is 19.8 Å². The number of hydrogen-bond acceptors (Lipinski definition) is 3. The molecule has 1 unspecified atom stereocenters. The number of nitrogens with zero attached hydrogens (tertiary/aromatic N) is 2. The van der Waals surface area contributed by atoms with Crippen LogP contribution in [0, 0.1) is 0 Å². The van der Waals surface area contributed by atoms with Gasteiger partial charge in [-0.1, -0.05) is 36.4 Å². The Morgan fingerprint density at radius 2 is 1.89 bits per heavy atom. The Morgan fingerprint density at radius 3 is 2.53 bits per heavy atom. The van der Waals surface area contributed by atoms with E-state index in [4.69, 9.17) is 0 Å². The molecule has 0 spiro atoms. The third-order valence-corrected chi connectivity index (χ3v) is 2.90. The molecule has 0 bridgehead atoms. The highest BCUT2D eigenvalue weighted by Gasteiger charge is 2.03. The van der Waals surface area contributed by atoms with E-state index in [1.165, 1.54) is 0 Å². The van der Waals surface area contributed by atoms with E-state index in [1.807, 2.05) is 48.8 Å². The second kappa shape index (κ2) is 6.69. The normalized spacial score (nSPS) is 11.8. The largest absolute Gasteiger partial charge is 0.380 e. The van der Waals surface area contributed by atoms with E-state index in [1.54, 1.807) is 0 Å². The molecule has 2 rings (SSSR count). The molecule has 2 aromatic rings. The van der Waals surface area contributed by atoms with Crippen LogP contribution in [-0.2, 0) is 0 Å². The summed E-state index contributed by atoms with van der Waals surface area (Å²) in [4.78, 5) is 8.78. The summed E-state index contributed by atoms with van der Waals surface area (Å²) in [5.74, 6) is 0.755. The molecule has 98 valence electrons. The van der Waals surface area contributed by atoms with E-state index in [-0.39, 0.29) is 0 Å². The summed E-state index contributed by atoms with van der Waals surface area (Å²) in [7, 11) is 0. The number of anilines is 1. The Morgan fingerprint density at radius 1 is 1.21 bits per heavy atom. The molecular formula is C16H19N3. The molecule has 1 aromatic heterocycles. The van der Waals surface area contributed by atoms with Gasteiger partial charge in [0.2, 0.25) is 0 Å². The van der Waals surface area contributed by atoms with Crippen LogP contribution < -0.4 is 5.32 Å². The lowest BCUT2D eigenvalue weighted by molar-refractivity contribution is 0.718. The SMILES string of the molecule is C=CCCC(C)Nc1cnc(-c2ccccc2)nc1. The third kappa shape index (κ3) is 3.91. The maximum absolute atomic E-state index is 4.39. The van der Waals surface area contributed by atoms with Crippen molar-refractivity contribution in [3.8, 4) is 11.4 Å². The van der Waals surface area contributed by atoms with Crippen LogP contribution in [0.3, 0.4) is 0 Å². The van der Waals surface area contributed by atoms with Crippen LogP contribution in [0.1, 0.15) is 19.8 Å². The fraction of sp³-hybridized carbons (Fsp3) is 0.250. The lowest BCUT2D eigenvalue weighted by Crippen LogP contribution is -2.14. The van der Waals surface area contributed by atoms with Crippen molar-refractivity contribution in [2.75, 3.05) is 5.32 Å². The number of rotatable bonds is 6. The third-order valence-electron chi connectivity index (χ3n) is 2.90. The maximum atomic E-state index is 4.39. The molecule has 1 N–H and O–H groups in total. The summed E-state index contributed by atoms with van der Waals surface area (Å²) >= 11 is 0. The molecule has 0 saturated heterocycles. The topological polar surface area (TPSA) is 37.8 Å². The zero-order valence-corrected chi connectivity index (χ0v) is 11.2. The van der Waals surface area contributed by atoms with Gasteiger partial charge in [0.05, 0.1) is 18.1 Å². The first kappa shape index (κ1) is 13.3. The average molecular weight is 253 g/mol. The second-order valence-electron chi connectivity index (χ2n) is 4.57. The lowest BCUT2D eigenvalue weighted by Gasteiger charge is -2.13. The highest BCUT2D eigenvalue weighted by atomic mass is 15.0. The number of allylic oxidation sites excluding steroid dienone is 1. The van der Waals surface area contributed by atoms with Crippen LogP contribution in [0.5, 0.6) is 0 Å². The van der Waals surface area contributed by atoms with Gasteiger partial charge >= 0.3 is 0 Å². The van der Waals surface area contributed by atoms with Gasteiger partial charge in [-0.2, -0.15) is 0 Å². The van der Waals surface area contributed by atoms with Crippen LogP contribution >= 0.6 is 0 Å². The smallest absolute Gasteiger partial charge is 0.159 e. The Labute approximate surface area is 114 Å². The van der Waals surface area contributed by atoms with Crippen LogP contribution in [0.15, 0.2) is 55.4 Å². The van der Waals surface area contributed by atoms with Crippen LogP contribution in [0.2, 0.25) is 0 Å². The van der Waals surface area contributed by atoms with E-state index < -0.39 is 0 Å². The summed E-state index contributed by atoms with van der Waals surface area (Å²) in [5, 5.41) is 3.38. The minimum atomic E-state index is 0.393. The number of nitrogens with one attached hydrogen (secondary N) is 1. The zero-order chi connectivity index (χ0) is 13.5. The highest BCUT2D eigenvalue weighted by Crippen LogP contribution is 2.15. The first-order valence-electron chi connectivity index (χ1n) is 6.54. The number of hydrogen-bond donors (Lipinski definition) is 1. The Bertz CT molecular complexity index is 505. The maximum Gasteiger partial charge on any atom is 0.159 e. The molecule has 1 aromatic carbocycles. The molecule has 1 atom stereocenters. The van der Waals surface area contributed by atoms with Gasteiger partial charge in [-0.3, -0.25) is 0 Å². The fourth-order valence-electron chi connectivity index (χ4n) is 1.86. The molecule has 0 aliphatic rings. The molecule has 3 nitrogen and oxygen atoms in total. The Balaban J connectivity index is 2.01. The van der Waals surface area contributed by atoms with Gasteiger partial charge < -0.3 is 5.32 Å². The highest BCUT2D eigenvalue weighted by molar-refractivity contribution is 5.55. The van der Waals surface area contributed by atoms with Gasteiger partial charge in [-0.15, -0.1) is 6.58 Å². The van der Waals surface area contributed by atoms with Crippen molar-refractivity contribution < 1.29 is 0 Å². The van der Waals surface area contributed by atoms with Crippen molar-refractivity contribution >= 4 is 5.69 Å². The van der Waals surface area contributed by atoms with Gasteiger partial charge in [0.1, 0.15) is 0 Å². The molecule has 0 aliphatic carbocycles. The van der Waals surface area contributed by atoms with E-state index >= 15 is 0 Å². The van der Waals surface area contributed by atoms with Crippen molar-refractivity contribution in [3.63, 3.8) is 0 Å². The van der Waals surface area contributed by atoms with Crippen molar-refractivity contribution in [3.05, 3.63) is 55.4 Å². The van der Waals surface area contributed by atoms with Gasteiger partial charge in [-0.25, -0.2) is 9.97 Å². The summed E-state index contributed by atoms with van der Waals surface area (Å²) in [6.07, 6.45) is 7.67. The van der Waals surface area contributed by atoms with E-state index in [0.717, 1.165) is 29.9 Å². The molecule has 1 heterocycles. The predicted molar refractivity (Wildman–Crippen MR) is 80.0 cm³/mol. The van der Waals surface area contributed by atoms with Crippen molar-refractivity contribution in [1.82, 2.24) is 9.97 Å². The Kier molecular flexibility index (Phi) is 4.67. The van der Waals surface area contributed by atoms with Gasteiger partial charge in [0.15, 0.2) is 5.82 Å². The minimum Gasteiger partial charge on any atom is -0.380 e. The summed E-state index contributed by atoms with van der Waals surface area (Å²) in [6.45, 7) is 5.88. The van der Waals surface area contributed by atoms with Crippen molar-refractivity contribution in [2.24, 2.45) is 0 Å². The molecule has 0 radical (unpaired) electrons. The first-order valence-corrected chi connectivity index (χ1v) is 6.54. The summed E-state index contributed by atoms with van der Waals surface area (Å²) in [6, 6.07) is 10.4. The van der Waals surface area contributed by atoms with Crippen LogP contribution in [0.4, 0.5) is 5.69 Å². The van der Waals surface area contributed by atoms with Crippen molar-refractivity contribution in [1.29, 1.82) is 0 Å². The monoisotopic (exact) mass is 253 g/mol. The molecule has 0 aliphatic heterocycles. The lowest BCUT2D eigenvalue weighted by atomic mass is 10.2. The van der Waals surface area contributed by atoms with Crippen molar-refractivity contribution in [2.45, 2.75) is 25.8 Å². The van der Waals surface area contributed by atoms with Crippen LogP contribution in [0.25, 0.3) is 11.4 Å². The van der Waals surface area contributed by atoms with E-state index in [2.05, 4.69) is 28.8 Å². The molecule has 0 saturated carbocycles. The van der Waals surface area contributed by atoms with Gasteiger partial charge in [0.25, 0.3) is 0 Å². The van der Waals surface area contributed by atoms with E-state index in [9.17, 15) is 0 Å². The molecular weight excluding hydrogens is 234 g/mol. The zero-order valence-electron chi connectivity index (χ0n) is 11.2. The molecule has 0 fully saturated rings. The molecule has 3 heteroatoms. The van der Waals surface area contributed by atoms with Gasteiger partial charge in [0, 0.05) is 11.6 Å². The standard InChI is InChI=1S/C16H19N3/c1-3-4-8-13(2)19-15-11-17-16(18-12-15)14-9-6-5-7-10-14/h3,5-7,9-13,19H,1,4,8H2,2H3. The average Bonchev–Trinajstić information content (AvgIpc) is 2.47. The number of aromatic nitrogens is 2.